The van der Waals surface area contributed by atoms with Gasteiger partial charge < -0.3 is 14.8 Å². The van der Waals surface area contributed by atoms with Crippen LogP contribution in [0.15, 0.2) is 18.2 Å². The lowest BCUT2D eigenvalue weighted by Crippen LogP contribution is -2.57. The molecule has 1 unspecified atom stereocenters. The lowest BCUT2D eigenvalue weighted by atomic mass is 9.94. The molecule has 0 heterocycles. The van der Waals surface area contributed by atoms with Gasteiger partial charge >= 0.3 is 5.97 Å². The number of likely N-dealkylation sites (N-methyl/N-ethyl adjacent to an activating group) is 1. The van der Waals surface area contributed by atoms with Crippen LogP contribution in [-0.4, -0.2) is 31.8 Å². The number of ether oxygens (including phenoxy) is 2. The smallest absolute Gasteiger partial charge is 0.330 e. The van der Waals surface area contributed by atoms with Crippen LogP contribution in [0.3, 0.4) is 0 Å². The normalized spacial score (nSPS) is 17.1. The molecule has 1 aromatic rings. The molecule has 4 nitrogen and oxygen atoms in total. The van der Waals surface area contributed by atoms with Gasteiger partial charge in [0.2, 0.25) is 0 Å². The van der Waals surface area contributed by atoms with E-state index in [0.717, 1.165) is 25.0 Å². The highest BCUT2D eigenvalue weighted by Crippen LogP contribution is 2.41. The predicted octanol–water partition coefficient (Wildman–Crippen LogP) is 2.27. The first kappa shape index (κ1) is 15.7. The number of esters is 1. The summed E-state index contributed by atoms with van der Waals surface area (Å²) in [6.07, 6.45) is 1.70. The van der Waals surface area contributed by atoms with Crippen LogP contribution in [0.4, 0.5) is 8.78 Å². The third-order valence-corrected chi connectivity index (χ3v) is 3.72. The van der Waals surface area contributed by atoms with Crippen molar-refractivity contribution in [1.29, 1.82) is 0 Å². The van der Waals surface area contributed by atoms with E-state index in [-0.39, 0.29) is 19.1 Å². The van der Waals surface area contributed by atoms with Gasteiger partial charge in [0.05, 0.1) is 6.61 Å². The second-order valence-electron chi connectivity index (χ2n) is 5.06. The van der Waals surface area contributed by atoms with E-state index in [1.807, 2.05) is 0 Å². The Kier molecular flexibility index (Phi) is 4.77. The van der Waals surface area contributed by atoms with E-state index in [1.165, 1.54) is 6.07 Å². The van der Waals surface area contributed by atoms with Gasteiger partial charge in [-0.25, -0.2) is 13.6 Å². The summed E-state index contributed by atoms with van der Waals surface area (Å²) in [5, 5.41) is 2.93. The van der Waals surface area contributed by atoms with Crippen LogP contribution in [0.2, 0.25) is 0 Å². The van der Waals surface area contributed by atoms with Gasteiger partial charge in [-0.3, -0.25) is 0 Å². The summed E-state index contributed by atoms with van der Waals surface area (Å²) in [6, 6.07) is 3.48. The van der Waals surface area contributed by atoms with Crippen molar-refractivity contribution in [2.24, 2.45) is 5.92 Å². The monoisotopic (exact) mass is 299 g/mol. The molecule has 1 aliphatic rings. The van der Waals surface area contributed by atoms with Crippen LogP contribution < -0.4 is 10.1 Å². The van der Waals surface area contributed by atoms with Gasteiger partial charge in [-0.15, -0.1) is 0 Å². The molecule has 2 rings (SSSR count). The van der Waals surface area contributed by atoms with Crippen LogP contribution in [0.5, 0.6) is 5.75 Å². The van der Waals surface area contributed by atoms with E-state index < -0.39 is 28.9 Å². The Labute approximate surface area is 122 Å². The molecule has 1 aromatic carbocycles. The van der Waals surface area contributed by atoms with Crippen molar-refractivity contribution in [2.45, 2.75) is 25.3 Å². The summed E-state index contributed by atoms with van der Waals surface area (Å²) < 4.78 is 37.5. The van der Waals surface area contributed by atoms with Gasteiger partial charge in [-0.1, -0.05) is 6.07 Å². The second kappa shape index (κ2) is 6.39. The highest BCUT2D eigenvalue weighted by atomic mass is 19.1. The van der Waals surface area contributed by atoms with Gasteiger partial charge in [-0.05, 0) is 44.9 Å². The SMILES string of the molecule is CCOC(=O)C(COc1c(F)cccc1F)(NC)C1CC1. The van der Waals surface area contributed by atoms with Crippen LogP contribution >= 0.6 is 0 Å². The maximum absolute atomic E-state index is 13.6. The summed E-state index contributed by atoms with van der Waals surface area (Å²) in [7, 11) is 1.62. The third-order valence-electron chi connectivity index (χ3n) is 3.72. The summed E-state index contributed by atoms with van der Waals surface area (Å²) >= 11 is 0. The van der Waals surface area contributed by atoms with Crippen molar-refractivity contribution in [3.63, 3.8) is 0 Å². The summed E-state index contributed by atoms with van der Waals surface area (Å²) in [5.74, 6) is -2.45. The van der Waals surface area contributed by atoms with E-state index in [0.29, 0.717) is 0 Å². The quantitative estimate of drug-likeness (QED) is 0.785. The Morgan fingerprint density at radius 3 is 2.48 bits per heavy atom. The van der Waals surface area contributed by atoms with E-state index in [2.05, 4.69) is 5.32 Å². The van der Waals surface area contributed by atoms with E-state index in [4.69, 9.17) is 9.47 Å². The molecule has 0 amide bonds. The maximum Gasteiger partial charge on any atom is 0.330 e. The maximum atomic E-state index is 13.6. The Hall–Kier alpha value is -1.69. The fourth-order valence-electron chi connectivity index (χ4n) is 2.36. The Balaban J connectivity index is 2.18. The molecular formula is C15H19F2NO3. The molecule has 1 fully saturated rings. The van der Waals surface area contributed by atoms with Crippen molar-refractivity contribution in [1.82, 2.24) is 5.32 Å². The first-order valence-corrected chi connectivity index (χ1v) is 6.98. The number of halogens is 2. The van der Waals surface area contributed by atoms with Gasteiger partial charge in [0.1, 0.15) is 6.61 Å². The van der Waals surface area contributed by atoms with Gasteiger partial charge in [-0.2, -0.15) is 0 Å². The van der Waals surface area contributed by atoms with Crippen molar-refractivity contribution < 1.29 is 23.0 Å². The molecule has 1 N–H and O–H groups in total. The lowest BCUT2D eigenvalue weighted by Gasteiger charge is -2.31. The van der Waals surface area contributed by atoms with Crippen molar-refractivity contribution in [3.05, 3.63) is 29.8 Å². The minimum Gasteiger partial charge on any atom is -0.485 e. The average molecular weight is 299 g/mol. The molecule has 6 heteroatoms. The van der Waals surface area contributed by atoms with E-state index >= 15 is 0 Å². The number of carbonyl (C=O) groups is 1. The minimum atomic E-state index is -1.06. The fourth-order valence-corrected chi connectivity index (χ4v) is 2.36. The molecule has 0 radical (unpaired) electrons. The number of para-hydroxylation sites is 1. The molecule has 116 valence electrons. The third kappa shape index (κ3) is 3.15. The molecule has 0 aliphatic heterocycles. The molecular weight excluding hydrogens is 280 g/mol. The fraction of sp³-hybridized carbons (Fsp3) is 0.533. The minimum absolute atomic E-state index is 0.0522. The highest BCUT2D eigenvalue weighted by Gasteiger charge is 2.52. The summed E-state index contributed by atoms with van der Waals surface area (Å²) in [5.41, 5.74) is -1.06. The Bertz CT molecular complexity index is 499. The number of nitrogens with one attached hydrogen (secondary N) is 1. The lowest BCUT2D eigenvalue weighted by molar-refractivity contribution is -0.153. The summed E-state index contributed by atoms with van der Waals surface area (Å²) in [6.45, 7) is 1.77. The van der Waals surface area contributed by atoms with Crippen LogP contribution in [0, 0.1) is 17.6 Å². The molecule has 0 spiro atoms. The number of carbonyl (C=O) groups excluding carboxylic acids is 1. The topological polar surface area (TPSA) is 47.6 Å². The second-order valence-corrected chi connectivity index (χ2v) is 5.06. The Morgan fingerprint density at radius 1 is 1.38 bits per heavy atom. The molecule has 21 heavy (non-hydrogen) atoms. The Morgan fingerprint density at radius 2 is 2.00 bits per heavy atom. The molecule has 1 aliphatic carbocycles. The van der Waals surface area contributed by atoms with Gasteiger partial charge in [0, 0.05) is 0 Å². The van der Waals surface area contributed by atoms with Crippen LogP contribution in [-0.2, 0) is 9.53 Å². The van der Waals surface area contributed by atoms with Gasteiger partial charge in [0.15, 0.2) is 22.9 Å². The van der Waals surface area contributed by atoms with Crippen LogP contribution in [0.25, 0.3) is 0 Å². The highest BCUT2D eigenvalue weighted by molar-refractivity contribution is 5.82. The molecule has 1 saturated carbocycles. The van der Waals surface area contributed by atoms with Crippen molar-refractivity contribution >= 4 is 5.97 Å². The van der Waals surface area contributed by atoms with Crippen molar-refractivity contribution in [3.8, 4) is 5.75 Å². The zero-order valence-electron chi connectivity index (χ0n) is 12.1. The van der Waals surface area contributed by atoms with Crippen molar-refractivity contribution in [2.75, 3.05) is 20.3 Å². The molecule has 0 aromatic heterocycles. The standard InChI is InChI=1S/C15H19F2NO3/c1-3-20-14(19)15(18-2,10-7-8-10)9-21-13-11(16)5-4-6-12(13)17/h4-6,10,18H,3,7-9H2,1-2H3. The molecule has 0 saturated heterocycles. The molecule has 1 atom stereocenters. The number of hydrogen-bond donors (Lipinski definition) is 1. The zero-order chi connectivity index (χ0) is 15.5. The average Bonchev–Trinajstić information content (AvgIpc) is 3.28. The summed E-state index contributed by atoms with van der Waals surface area (Å²) in [4.78, 5) is 12.2. The number of hydrogen-bond acceptors (Lipinski definition) is 4. The number of rotatable bonds is 7. The predicted molar refractivity (Wildman–Crippen MR) is 73.0 cm³/mol. The zero-order valence-corrected chi connectivity index (χ0v) is 12.1. The van der Waals surface area contributed by atoms with Crippen LogP contribution in [0.1, 0.15) is 19.8 Å². The first-order chi connectivity index (χ1) is 10.0. The first-order valence-electron chi connectivity index (χ1n) is 6.98. The van der Waals surface area contributed by atoms with Gasteiger partial charge in [0.25, 0.3) is 0 Å². The van der Waals surface area contributed by atoms with E-state index in [9.17, 15) is 13.6 Å². The van der Waals surface area contributed by atoms with E-state index in [1.54, 1.807) is 14.0 Å². The largest absolute Gasteiger partial charge is 0.485 e. The molecule has 0 bridgehead atoms. The number of benzene rings is 1.